The van der Waals surface area contributed by atoms with Gasteiger partial charge in [0, 0.05) is 6.08 Å². The van der Waals surface area contributed by atoms with Crippen LogP contribution in [0.5, 0.6) is 5.75 Å². The van der Waals surface area contributed by atoms with Crippen molar-refractivity contribution in [1.82, 2.24) is 5.32 Å². The van der Waals surface area contributed by atoms with Crippen molar-refractivity contribution in [2.75, 3.05) is 7.11 Å². The van der Waals surface area contributed by atoms with Crippen LogP contribution in [0.25, 0.3) is 6.08 Å². The number of hydrogen-bond acceptors (Lipinski definition) is 3. The Kier molecular flexibility index (Phi) is 6.12. The molecule has 118 valence electrons. The largest absolute Gasteiger partial charge is 0.497 e. The van der Waals surface area contributed by atoms with Gasteiger partial charge in [-0.15, -0.1) is 0 Å². The summed E-state index contributed by atoms with van der Waals surface area (Å²) in [5.74, 6) is 0.420. The number of carbonyl (C=O) groups excluding carboxylic acids is 2. The fourth-order valence-corrected chi connectivity index (χ4v) is 2.15. The molecule has 2 aromatic carbocycles. The lowest BCUT2D eigenvalue weighted by Gasteiger charge is -2.11. The molecule has 0 bridgehead atoms. The van der Waals surface area contributed by atoms with Crippen molar-refractivity contribution in [2.45, 2.75) is 12.5 Å². The van der Waals surface area contributed by atoms with Gasteiger partial charge in [0.2, 0.25) is 5.91 Å². The molecular weight excluding hydrogens is 290 g/mol. The van der Waals surface area contributed by atoms with E-state index < -0.39 is 6.04 Å². The Morgan fingerprint density at radius 2 is 1.96 bits per heavy atom. The summed E-state index contributed by atoms with van der Waals surface area (Å²) < 4.78 is 5.13. The molecule has 1 atom stereocenters. The molecule has 2 aromatic rings. The molecule has 4 heteroatoms. The summed E-state index contributed by atoms with van der Waals surface area (Å²) in [5, 5.41) is 2.69. The van der Waals surface area contributed by atoms with Gasteiger partial charge in [-0.1, -0.05) is 42.5 Å². The van der Waals surface area contributed by atoms with Gasteiger partial charge in [0.15, 0.2) is 0 Å². The molecule has 4 nitrogen and oxygen atoms in total. The summed E-state index contributed by atoms with van der Waals surface area (Å²) in [7, 11) is 1.59. The first-order valence-corrected chi connectivity index (χ1v) is 7.33. The first kappa shape index (κ1) is 16.5. The van der Waals surface area contributed by atoms with Crippen molar-refractivity contribution in [3.05, 3.63) is 71.8 Å². The second-order valence-corrected chi connectivity index (χ2v) is 5.05. The quantitative estimate of drug-likeness (QED) is 0.632. The molecule has 23 heavy (non-hydrogen) atoms. The standard InChI is InChI=1S/C19H19NO3/c1-23-18-9-5-8-16(13-18)10-11-19(22)20-17(14-21)12-15-6-3-2-4-7-15/h2-11,13-14,17H,12H2,1H3,(H,20,22)/b11-10+. The molecule has 1 N–H and O–H groups in total. The number of amides is 1. The van der Waals surface area contributed by atoms with E-state index in [-0.39, 0.29) is 5.91 Å². The summed E-state index contributed by atoms with van der Waals surface area (Å²) >= 11 is 0. The fraction of sp³-hybridized carbons (Fsp3) is 0.158. The van der Waals surface area contributed by atoms with Crippen LogP contribution in [-0.4, -0.2) is 25.3 Å². The average Bonchev–Trinajstić information content (AvgIpc) is 2.60. The zero-order chi connectivity index (χ0) is 16.5. The van der Waals surface area contributed by atoms with Gasteiger partial charge in [-0.05, 0) is 35.8 Å². The zero-order valence-corrected chi connectivity index (χ0v) is 12.9. The molecule has 1 unspecified atom stereocenters. The van der Waals surface area contributed by atoms with E-state index in [1.807, 2.05) is 54.6 Å². The molecule has 0 radical (unpaired) electrons. The average molecular weight is 309 g/mol. The molecule has 0 saturated heterocycles. The van der Waals surface area contributed by atoms with Gasteiger partial charge in [0.05, 0.1) is 13.2 Å². The maximum absolute atomic E-state index is 11.9. The number of carbonyl (C=O) groups is 2. The van der Waals surface area contributed by atoms with Crippen molar-refractivity contribution in [3.8, 4) is 5.75 Å². The molecule has 0 aliphatic carbocycles. The molecule has 0 heterocycles. The lowest BCUT2D eigenvalue weighted by molar-refractivity contribution is -0.120. The molecule has 0 fully saturated rings. The molecule has 2 rings (SSSR count). The minimum absolute atomic E-state index is 0.305. The third-order valence-corrected chi connectivity index (χ3v) is 3.31. The number of hydrogen-bond donors (Lipinski definition) is 1. The molecule has 0 saturated carbocycles. The van der Waals surface area contributed by atoms with Crippen molar-refractivity contribution in [2.24, 2.45) is 0 Å². The van der Waals surface area contributed by atoms with Crippen LogP contribution in [0.15, 0.2) is 60.7 Å². The smallest absolute Gasteiger partial charge is 0.244 e. The third kappa shape index (κ3) is 5.43. The van der Waals surface area contributed by atoms with Gasteiger partial charge < -0.3 is 14.8 Å². The van der Waals surface area contributed by atoms with Crippen molar-refractivity contribution >= 4 is 18.3 Å². The molecule has 1 amide bonds. The number of benzene rings is 2. The van der Waals surface area contributed by atoms with E-state index in [1.54, 1.807) is 13.2 Å². The van der Waals surface area contributed by atoms with Crippen LogP contribution in [0.1, 0.15) is 11.1 Å². The van der Waals surface area contributed by atoms with E-state index in [4.69, 9.17) is 4.74 Å². The topological polar surface area (TPSA) is 55.4 Å². The Morgan fingerprint density at radius 1 is 1.17 bits per heavy atom. The first-order valence-electron chi connectivity index (χ1n) is 7.33. The molecule has 0 aliphatic rings. The van der Waals surface area contributed by atoms with Gasteiger partial charge >= 0.3 is 0 Å². The van der Waals surface area contributed by atoms with Crippen molar-refractivity contribution in [3.63, 3.8) is 0 Å². The van der Waals surface area contributed by atoms with E-state index in [9.17, 15) is 9.59 Å². The highest BCUT2D eigenvalue weighted by atomic mass is 16.5. The van der Waals surface area contributed by atoms with E-state index >= 15 is 0 Å². The van der Waals surface area contributed by atoms with Crippen LogP contribution < -0.4 is 10.1 Å². The molecule has 0 aliphatic heterocycles. The first-order chi connectivity index (χ1) is 11.2. The van der Waals surface area contributed by atoms with Gasteiger partial charge in [-0.2, -0.15) is 0 Å². The van der Waals surface area contributed by atoms with E-state index in [0.29, 0.717) is 6.42 Å². The second kappa shape index (κ2) is 8.54. The third-order valence-electron chi connectivity index (χ3n) is 3.31. The molecule has 0 spiro atoms. The lowest BCUT2D eigenvalue weighted by atomic mass is 10.1. The van der Waals surface area contributed by atoms with Crippen LogP contribution in [0.2, 0.25) is 0 Å². The van der Waals surface area contributed by atoms with Crippen LogP contribution in [0.4, 0.5) is 0 Å². The van der Waals surface area contributed by atoms with Crippen molar-refractivity contribution in [1.29, 1.82) is 0 Å². The highest BCUT2D eigenvalue weighted by Crippen LogP contribution is 2.13. The van der Waals surface area contributed by atoms with Crippen LogP contribution in [0.3, 0.4) is 0 Å². The normalized spacial score (nSPS) is 11.9. The Morgan fingerprint density at radius 3 is 2.65 bits per heavy atom. The minimum atomic E-state index is -0.542. The van der Waals surface area contributed by atoms with Gasteiger partial charge in [-0.3, -0.25) is 4.79 Å². The van der Waals surface area contributed by atoms with Crippen LogP contribution >= 0.6 is 0 Å². The molecule has 0 aromatic heterocycles. The summed E-state index contributed by atoms with van der Waals surface area (Å²) in [6.45, 7) is 0. The minimum Gasteiger partial charge on any atom is -0.497 e. The Labute approximate surface area is 135 Å². The highest BCUT2D eigenvalue weighted by Gasteiger charge is 2.10. The van der Waals surface area contributed by atoms with Crippen LogP contribution in [-0.2, 0) is 16.0 Å². The van der Waals surface area contributed by atoms with E-state index in [2.05, 4.69) is 5.32 Å². The summed E-state index contributed by atoms with van der Waals surface area (Å²) in [4.78, 5) is 23.1. The molecular formula is C19H19NO3. The van der Waals surface area contributed by atoms with Crippen LogP contribution in [0, 0.1) is 0 Å². The maximum Gasteiger partial charge on any atom is 0.244 e. The fourth-order valence-electron chi connectivity index (χ4n) is 2.15. The van der Waals surface area contributed by atoms with Gasteiger partial charge in [-0.25, -0.2) is 0 Å². The van der Waals surface area contributed by atoms with Gasteiger partial charge in [0.25, 0.3) is 0 Å². The monoisotopic (exact) mass is 309 g/mol. The van der Waals surface area contributed by atoms with Gasteiger partial charge in [0.1, 0.15) is 12.0 Å². The lowest BCUT2D eigenvalue weighted by Crippen LogP contribution is -2.36. The predicted molar refractivity (Wildman–Crippen MR) is 90.2 cm³/mol. The Hall–Kier alpha value is -2.88. The zero-order valence-electron chi connectivity index (χ0n) is 12.9. The van der Waals surface area contributed by atoms with E-state index in [1.165, 1.54) is 6.08 Å². The Bertz CT molecular complexity index is 680. The number of ether oxygens (including phenoxy) is 1. The number of aldehydes is 1. The summed E-state index contributed by atoms with van der Waals surface area (Å²) in [6.07, 6.45) is 4.33. The second-order valence-electron chi connectivity index (χ2n) is 5.05. The summed E-state index contributed by atoms with van der Waals surface area (Å²) in [6, 6.07) is 16.4. The Balaban J connectivity index is 1.94. The number of rotatable bonds is 7. The number of methoxy groups -OCH3 is 1. The van der Waals surface area contributed by atoms with Crippen molar-refractivity contribution < 1.29 is 14.3 Å². The van der Waals surface area contributed by atoms with E-state index in [0.717, 1.165) is 23.2 Å². The predicted octanol–water partition coefficient (Wildman–Crippen LogP) is 2.63. The highest BCUT2D eigenvalue weighted by molar-refractivity contribution is 5.93. The number of nitrogens with one attached hydrogen (secondary N) is 1. The maximum atomic E-state index is 11.9. The summed E-state index contributed by atoms with van der Waals surface area (Å²) in [5.41, 5.74) is 1.85. The SMILES string of the molecule is COc1cccc(/C=C/C(=O)NC(C=O)Cc2ccccc2)c1.